The minimum absolute atomic E-state index is 0.0406. The molecule has 148 valence electrons. The van der Waals surface area contributed by atoms with E-state index in [2.05, 4.69) is 30.3 Å². The van der Waals surface area contributed by atoms with Crippen molar-refractivity contribution in [2.75, 3.05) is 31.9 Å². The van der Waals surface area contributed by atoms with Crippen molar-refractivity contribution in [2.45, 2.75) is 23.7 Å². The summed E-state index contributed by atoms with van der Waals surface area (Å²) in [6.45, 7) is 2.35. The Morgan fingerprint density at radius 3 is 2.25 bits per heavy atom. The van der Waals surface area contributed by atoms with Gasteiger partial charge in [0.05, 0.1) is 5.75 Å². The molecule has 1 aliphatic carbocycles. The van der Waals surface area contributed by atoms with Crippen LogP contribution in [0.5, 0.6) is 5.75 Å². The fourth-order valence-corrected chi connectivity index (χ4v) is 3.88. The number of benzene rings is 2. The summed E-state index contributed by atoms with van der Waals surface area (Å²) in [5.41, 5.74) is 1.53. The van der Waals surface area contributed by atoms with Gasteiger partial charge in [0.2, 0.25) is 12.3 Å². The van der Waals surface area contributed by atoms with Gasteiger partial charge in [-0.25, -0.2) is 0 Å². The van der Waals surface area contributed by atoms with Gasteiger partial charge < -0.3 is 14.9 Å². The maximum atomic E-state index is 12.0. The highest BCUT2D eigenvalue weighted by molar-refractivity contribution is 8.00. The summed E-state index contributed by atoms with van der Waals surface area (Å²) in [4.78, 5) is 26.7. The van der Waals surface area contributed by atoms with Gasteiger partial charge in [0.1, 0.15) is 5.75 Å². The van der Waals surface area contributed by atoms with Crippen LogP contribution in [0.1, 0.15) is 24.3 Å². The Labute approximate surface area is 170 Å². The Kier molecular flexibility index (Phi) is 7.37. The van der Waals surface area contributed by atoms with Crippen LogP contribution in [0.2, 0.25) is 0 Å². The molecule has 1 heterocycles. The molecular formula is C22H26N2O3S. The highest BCUT2D eigenvalue weighted by atomic mass is 32.2. The molecule has 2 fully saturated rings. The van der Waals surface area contributed by atoms with Crippen molar-refractivity contribution in [3.63, 3.8) is 0 Å². The van der Waals surface area contributed by atoms with E-state index in [0.717, 1.165) is 12.3 Å². The Balaban J connectivity index is 0.000000206. The minimum Gasteiger partial charge on any atom is -0.507 e. The van der Waals surface area contributed by atoms with Crippen LogP contribution in [0.25, 0.3) is 0 Å². The van der Waals surface area contributed by atoms with Crippen LogP contribution < -0.4 is 0 Å². The first kappa shape index (κ1) is 20.3. The maximum Gasteiger partial charge on any atom is 0.233 e. The number of nitrogens with zero attached hydrogens (tertiary/aromatic N) is 2. The highest BCUT2D eigenvalue weighted by Gasteiger charge is 2.22. The molecule has 2 aliphatic rings. The van der Waals surface area contributed by atoms with E-state index in [-0.39, 0.29) is 11.7 Å². The van der Waals surface area contributed by atoms with E-state index in [1.807, 2.05) is 6.07 Å². The molecule has 0 bridgehead atoms. The summed E-state index contributed by atoms with van der Waals surface area (Å²) < 4.78 is 0. The molecule has 0 atom stereocenters. The molecule has 1 N–H and O–H groups in total. The topological polar surface area (TPSA) is 60.9 Å². The van der Waals surface area contributed by atoms with E-state index in [4.69, 9.17) is 0 Å². The van der Waals surface area contributed by atoms with Gasteiger partial charge in [0.25, 0.3) is 0 Å². The molecule has 2 amide bonds. The van der Waals surface area contributed by atoms with Crippen molar-refractivity contribution in [2.24, 2.45) is 0 Å². The number of aromatic hydroxyl groups is 1. The maximum absolute atomic E-state index is 12.0. The van der Waals surface area contributed by atoms with Gasteiger partial charge in [-0.2, -0.15) is 0 Å². The van der Waals surface area contributed by atoms with Gasteiger partial charge in [0.15, 0.2) is 0 Å². The van der Waals surface area contributed by atoms with Gasteiger partial charge in [-0.3, -0.25) is 9.59 Å². The number of carbonyl (C=O) groups excluding carboxylic acids is 2. The normalized spacial score (nSPS) is 16.1. The average Bonchev–Trinajstić information content (AvgIpc) is 3.60. The van der Waals surface area contributed by atoms with E-state index in [0.29, 0.717) is 36.8 Å². The molecule has 0 aromatic heterocycles. The van der Waals surface area contributed by atoms with Gasteiger partial charge in [0, 0.05) is 31.1 Å². The molecular weight excluding hydrogens is 372 g/mol. The summed E-state index contributed by atoms with van der Waals surface area (Å²) in [6, 6.07) is 17.7. The number of para-hydroxylation sites is 1. The zero-order valence-electron chi connectivity index (χ0n) is 15.9. The van der Waals surface area contributed by atoms with E-state index in [1.54, 1.807) is 28.0 Å². The molecule has 6 heteroatoms. The van der Waals surface area contributed by atoms with Crippen molar-refractivity contribution >= 4 is 24.1 Å². The third kappa shape index (κ3) is 6.02. The number of piperazine rings is 1. The lowest BCUT2D eigenvalue weighted by molar-refractivity contribution is -0.132. The van der Waals surface area contributed by atoms with Crippen LogP contribution in [-0.4, -0.2) is 59.2 Å². The molecule has 1 saturated heterocycles. The zero-order chi connectivity index (χ0) is 19.8. The molecule has 5 nitrogen and oxygen atoms in total. The third-order valence-electron chi connectivity index (χ3n) is 4.88. The fraction of sp³-hybridized carbons (Fsp3) is 0.364. The lowest BCUT2D eigenvalue weighted by Crippen LogP contribution is -2.48. The van der Waals surface area contributed by atoms with Gasteiger partial charge >= 0.3 is 0 Å². The second-order valence-electron chi connectivity index (χ2n) is 6.96. The number of hydrogen-bond acceptors (Lipinski definition) is 4. The Morgan fingerprint density at radius 2 is 1.64 bits per heavy atom. The smallest absolute Gasteiger partial charge is 0.233 e. The largest absolute Gasteiger partial charge is 0.507 e. The molecule has 2 aromatic carbocycles. The van der Waals surface area contributed by atoms with E-state index >= 15 is 0 Å². The Hall–Kier alpha value is -2.47. The summed E-state index contributed by atoms with van der Waals surface area (Å²) in [6.07, 6.45) is 3.63. The summed E-state index contributed by atoms with van der Waals surface area (Å²) >= 11 is 1.33. The second-order valence-corrected chi connectivity index (χ2v) is 7.98. The summed E-state index contributed by atoms with van der Waals surface area (Å²) in [5.74, 6) is 1.45. The SMILES string of the molecule is O=CN1CCN(C(=O)CSc2ccccc2O)CC1.c1ccc(C2CC2)cc1. The first-order chi connectivity index (χ1) is 13.7. The van der Waals surface area contributed by atoms with Crippen molar-refractivity contribution < 1.29 is 14.7 Å². The Bertz CT molecular complexity index is 772. The molecule has 2 aromatic rings. The van der Waals surface area contributed by atoms with Crippen LogP contribution in [0.4, 0.5) is 0 Å². The lowest BCUT2D eigenvalue weighted by atomic mass is 10.1. The van der Waals surface area contributed by atoms with Gasteiger partial charge in [-0.05, 0) is 36.5 Å². The van der Waals surface area contributed by atoms with Crippen LogP contribution in [0.15, 0.2) is 59.5 Å². The number of hydrogen-bond donors (Lipinski definition) is 1. The number of thioether (sulfide) groups is 1. The van der Waals surface area contributed by atoms with Crippen LogP contribution in [0.3, 0.4) is 0 Å². The van der Waals surface area contributed by atoms with Crippen molar-refractivity contribution in [1.29, 1.82) is 0 Å². The van der Waals surface area contributed by atoms with E-state index in [9.17, 15) is 14.7 Å². The predicted molar refractivity (Wildman–Crippen MR) is 111 cm³/mol. The summed E-state index contributed by atoms with van der Waals surface area (Å²) in [7, 11) is 0. The fourth-order valence-electron chi connectivity index (χ4n) is 3.03. The van der Waals surface area contributed by atoms with Crippen molar-refractivity contribution in [3.05, 3.63) is 60.2 Å². The van der Waals surface area contributed by atoms with Crippen LogP contribution >= 0.6 is 11.8 Å². The molecule has 1 saturated carbocycles. The quantitative estimate of drug-likeness (QED) is 0.620. The van der Waals surface area contributed by atoms with Gasteiger partial charge in [-0.15, -0.1) is 11.8 Å². The first-order valence-corrected chi connectivity index (χ1v) is 10.6. The van der Waals surface area contributed by atoms with Crippen molar-refractivity contribution in [3.8, 4) is 5.75 Å². The van der Waals surface area contributed by atoms with E-state index < -0.39 is 0 Å². The molecule has 4 rings (SSSR count). The lowest BCUT2D eigenvalue weighted by Gasteiger charge is -2.32. The third-order valence-corrected chi connectivity index (χ3v) is 5.93. The molecule has 0 unspecified atom stereocenters. The second kappa shape index (κ2) is 10.2. The zero-order valence-corrected chi connectivity index (χ0v) is 16.7. The standard InChI is InChI=1S/C13H16N2O3S.C9H10/c16-10-14-5-7-15(8-6-14)13(18)9-19-12-4-2-1-3-11(12)17;1-2-4-8(5-3-1)9-6-7-9/h1-4,10,17H,5-9H2;1-5,9H,6-7H2. The number of phenols is 1. The van der Waals surface area contributed by atoms with Crippen LogP contribution in [-0.2, 0) is 9.59 Å². The number of rotatable bonds is 5. The molecule has 28 heavy (non-hydrogen) atoms. The highest BCUT2D eigenvalue weighted by Crippen LogP contribution is 2.39. The minimum atomic E-state index is 0.0406. The molecule has 1 aliphatic heterocycles. The monoisotopic (exact) mass is 398 g/mol. The first-order valence-electron chi connectivity index (χ1n) is 9.60. The summed E-state index contributed by atoms with van der Waals surface area (Å²) in [5, 5.41) is 9.61. The number of phenolic OH excluding ortho intramolecular Hbond substituents is 1. The number of amides is 2. The molecule has 0 radical (unpaired) electrons. The predicted octanol–water partition coefficient (Wildman–Crippen LogP) is 3.35. The van der Waals surface area contributed by atoms with Gasteiger partial charge in [-0.1, -0.05) is 42.5 Å². The molecule has 0 spiro atoms. The van der Waals surface area contributed by atoms with E-state index in [1.165, 1.54) is 30.2 Å². The Morgan fingerprint density at radius 1 is 1.00 bits per heavy atom. The number of carbonyl (C=O) groups is 2. The van der Waals surface area contributed by atoms with Crippen LogP contribution in [0, 0.1) is 0 Å². The average molecular weight is 399 g/mol. The van der Waals surface area contributed by atoms with Crippen molar-refractivity contribution in [1.82, 2.24) is 9.80 Å².